The summed E-state index contributed by atoms with van der Waals surface area (Å²) in [5.41, 5.74) is -0.580. The van der Waals surface area contributed by atoms with E-state index >= 15 is 0 Å². The third kappa shape index (κ3) is 4.16. The Kier molecular flexibility index (Phi) is 5.38. The van der Waals surface area contributed by atoms with Crippen LogP contribution in [0.5, 0.6) is 0 Å². The molecule has 1 unspecified atom stereocenters. The lowest BCUT2D eigenvalue weighted by Gasteiger charge is -2.23. The molecule has 0 spiro atoms. The molecular weight excluding hydrogens is 348 g/mol. The van der Waals surface area contributed by atoms with Gasteiger partial charge in [-0.3, -0.25) is 4.79 Å². The van der Waals surface area contributed by atoms with Crippen LogP contribution in [-0.2, 0) is 19.6 Å². The molecule has 0 radical (unpaired) electrons. The maximum Gasteiger partial charge on any atom is 0.308 e. The molecule has 1 aromatic carbocycles. The van der Waals surface area contributed by atoms with Gasteiger partial charge in [0.15, 0.2) is 5.09 Å². The molecule has 1 N–H and O–H groups in total. The number of halogens is 1. The fraction of sp³-hybridized carbons (Fsp3) is 0.308. The molecule has 1 aromatic rings. The Balaban J connectivity index is 2.15. The van der Waals surface area contributed by atoms with Crippen molar-refractivity contribution in [1.29, 1.82) is 0 Å². The van der Waals surface area contributed by atoms with Gasteiger partial charge in [-0.25, -0.2) is 8.42 Å². The molecule has 0 aliphatic carbocycles. The van der Waals surface area contributed by atoms with Crippen molar-refractivity contribution >= 4 is 39.4 Å². The maximum absolute atomic E-state index is 12.4. The van der Waals surface area contributed by atoms with Gasteiger partial charge in [-0.15, -0.1) is 0 Å². The smallest absolute Gasteiger partial charge is 0.308 e. The molecule has 9 heteroatoms. The second-order valence-corrected chi connectivity index (χ2v) is 7.66. The fourth-order valence-electron chi connectivity index (χ4n) is 1.79. The maximum atomic E-state index is 12.4. The SMILES string of the molecule is CCN1C=C(OC(C)=O)SC1NS(=O)(=O)c1cccc(Cl)c1. The number of ether oxygens (including phenoxy) is 1. The zero-order valence-corrected chi connectivity index (χ0v) is 14.3. The highest BCUT2D eigenvalue weighted by molar-refractivity contribution is 8.04. The molecule has 1 aliphatic rings. The Morgan fingerprint density at radius 2 is 2.23 bits per heavy atom. The normalized spacial score (nSPS) is 18.2. The molecule has 1 atom stereocenters. The predicted octanol–water partition coefficient (Wildman–Crippen LogP) is 2.33. The zero-order chi connectivity index (χ0) is 16.3. The molecule has 0 aromatic heterocycles. The van der Waals surface area contributed by atoms with Crippen LogP contribution in [0.1, 0.15) is 13.8 Å². The van der Waals surface area contributed by atoms with E-state index in [9.17, 15) is 13.2 Å². The molecule has 22 heavy (non-hydrogen) atoms. The quantitative estimate of drug-likeness (QED) is 0.810. The van der Waals surface area contributed by atoms with Crippen LogP contribution in [0, 0.1) is 0 Å². The summed E-state index contributed by atoms with van der Waals surface area (Å²) in [7, 11) is -3.73. The number of thioether (sulfide) groups is 1. The van der Waals surface area contributed by atoms with Crippen LogP contribution < -0.4 is 4.72 Å². The van der Waals surface area contributed by atoms with Crippen molar-refractivity contribution in [3.05, 3.63) is 40.6 Å². The van der Waals surface area contributed by atoms with Crippen LogP contribution >= 0.6 is 23.4 Å². The molecule has 2 rings (SSSR count). The number of benzene rings is 1. The number of sulfonamides is 1. The Morgan fingerprint density at radius 3 is 2.82 bits per heavy atom. The van der Waals surface area contributed by atoms with Crippen LogP contribution in [0.4, 0.5) is 0 Å². The Hall–Kier alpha value is -1.22. The average molecular weight is 363 g/mol. The van der Waals surface area contributed by atoms with E-state index in [-0.39, 0.29) is 4.90 Å². The van der Waals surface area contributed by atoms with Crippen LogP contribution in [0.25, 0.3) is 0 Å². The molecule has 6 nitrogen and oxygen atoms in total. The van der Waals surface area contributed by atoms with E-state index in [0.29, 0.717) is 16.7 Å². The van der Waals surface area contributed by atoms with Gasteiger partial charge in [0.1, 0.15) is 5.50 Å². The average Bonchev–Trinajstić information content (AvgIpc) is 2.78. The molecule has 0 fully saturated rings. The lowest BCUT2D eigenvalue weighted by molar-refractivity contribution is -0.135. The summed E-state index contributed by atoms with van der Waals surface area (Å²) in [4.78, 5) is 12.8. The summed E-state index contributed by atoms with van der Waals surface area (Å²) < 4.78 is 32.3. The van der Waals surface area contributed by atoms with Crippen molar-refractivity contribution < 1.29 is 17.9 Å². The number of nitrogens with one attached hydrogen (secondary N) is 1. The largest absolute Gasteiger partial charge is 0.418 e. The minimum atomic E-state index is -3.73. The first-order chi connectivity index (χ1) is 10.3. The third-order valence-corrected chi connectivity index (χ3v) is 5.60. The molecule has 0 saturated carbocycles. The van der Waals surface area contributed by atoms with Gasteiger partial charge < -0.3 is 9.64 Å². The summed E-state index contributed by atoms with van der Waals surface area (Å²) in [5, 5.41) is 0.696. The molecule has 0 saturated heterocycles. The first-order valence-electron chi connectivity index (χ1n) is 6.42. The minimum absolute atomic E-state index is 0.0811. The van der Waals surface area contributed by atoms with E-state index in [1.54, 1.807) is 23.2 Å². The van der Waals surface area contributed by atoms with Crippen LogP contribution in [0.2, 0.25) is 5.02 Å². The van der Waals surface area contributed by atoms with Gasteiger partial charge in [-0.1, -0.05) is 17.7 Å². The summed E-state index contributed by atoms with van der Waals surface area (Å²) >= 11 is 6.95. The second-order valence-electron chi connectivity index (χ2n) is 4.42. The monoisotopic (exact) mass is 362 g/mol. The van der Waals surface area contributed by atoms with Gasteiger partial charge in [0.2, 0.25) is 10.0 Å². The van der Waals surface area contributed by atoms with Crippen LogP contribution in [-0.4, -0.2) is 31.3 Å². The topological polar surface area (TPSA) is 75.7 Å². The van der Waals surface area contributed by atoms with E-state index in [2.05, 4.69) is 4.72 Å². The summed E-state index contributed by atoms with van der Waals surface area (Å²) in [6, 6.07) is 6.01. The highest BCUT2D eigenvalue weighted by atomic mass is 35.5. The third-order valence-electron chi connectivity index (χ3n) is 2.77. The number of rotatable bonds is 5. The summed E-state index contributed by atoms with van der Waals surface area (Å²) in [6.45, 7) is 3.72. The standard InChI is InChI=1S/C13H15ClN2O4S2/c1-3-16-8-12(20-9(2)17)21-13(16)15-22(18,19)11-6-4-5-10(14)7-11/h4-8,13,15H,3H2,1-2H3. The number of hydrogen-bond donors (Lipinski definition) is 1. The predicted molar refractivity (Wildman–Crippen MR) is 85.4 cm³/mol. The van der Waals surface area contributed by atoms with Gasteiger partial charge in [-0.05, 0) is 36.9 Å². The Morgan fingerprint density at radius 1 is 1.50 bits per heavy atom. The summed E-state index contributed by atoms with van der Waals surface area (Å²) in [5.74, 6) is -0.451. The Bertz CT molecular complexity index is 706. The van der Waals surface area contributed by atoms with Gasteiger partial charge in [0, 0.05) is 18.5 Å². The van der Waals surface area contributed by atoms with Crippen molar-refractivity contribution in [2.75, 3.05) is 6.54 Å². The van der Waals surface area contributed by atoms with Crippen molar-refractivity contribution in [2.24, 2.45) is 0 Å². The van der Waals surface area contributed by atoms with Crippen LogP contribution in [0.3, 0.4) is 0 Å². The van der Waals surface area contributed by atoms with Crippen molar-refractivity contribution in [3.8, 4) is 0 Å². The van der Waals surface area contributed by atoms with Gasteiger partial charge in [-0.2, -0.15) is 4.72 Å². The first kappa shape index (κ1) is 17.1. The fourth-order valence-corrected chi connectivity index (χ4v) is 4.62. The van der Waals surface area contributed by atoms with Gasteiger partial charge in [0.05, 0.1) is 11.1 Å². The van der Waals surface area contributed by atoms with Gasteiger partial charge >= 0.3 is 5.97 Å². The highest BCUT2D eigenvalue weighted by Crippen LogP contribution is 2.32. The summed E-state index contributed by atoms with van der Waals surface area (Å²) in [6.07, 6.45) is 1.61. The molecule has 120 valence electrons. The number of nitrogens with zero attached hydrogens (tertiary/aromatic N) is 1. The van der Waals surface area contributed by atoms with Gasteiger partial charge in [0.25, 0.3) is 0 Å². The van der Waals surface area contributed by atoms with E-state index in [1.807, 2.05) is 6.92 Å². The Labute approximate surface area is 138 Å². The number of hydrogen-bond acceptors (Lipinski definition) is 6. The van der Waals surface area contributed by atoms with Crippen LogP contribution in [0.15, 0.2) is 40.5 Å². The van der Waals surface area contributed by atoms with E-state index in [0.717, 1.165) is 11.8 Å². The molecule has 0 bridgehead atoms. The van der Waals surface area contributed by atoms with Crippen molar-refractivity contribution in [3.63, 3.8) is 0 Å². The van der Waals surface area contributed by atoms with E-state index in [1.165, 1.54) is 19.1 Å². The number of esters is 1. The van der Waals surface area contributed by atoms with E-state index in [4.69, 9.17) is 16.3 Å². The second kappa shape index (κ2) is 6.91. The van der Waals surface area contributed by atoms with E-state index < -0.39 is 21.5 Å². The molecular formula is C13H15ClN2O4S2. The lowest BCUT2D eigenvalue weighted by Crippen LogP contribution is -2.41. The molecule has 0 amide bonds. The number of carbonyl (C=O) groups is 1. The minimum Gasteiger partial charge on any atom is -0.418 e. The first-order valence-corrected chi connectivity index (χ1v) is 9.16. The lowest BCUT2D eigenvalue weighted by atomic mass is 10.4. The molecule has 1 heterocycles. The number of carbonyl (C=O) groups excluding carboxylic acids is 1. The zero-order valence-electron chi connectivity index (χ0n) is 11.9. The van der Waals surface area contributed by atoms with Crippen molar-refractivity contribution in [2.45, 2.75) is 24.2 Å². The molecule has 1 aliphatic heterocycles. The van der Waals surface area contributed by atoms with Crippen molar-refractivity contribution in [1.82, 2.24) is 9.62 Å². The highest BCUT2D eigenvalue weighted by Gasteiger charge is 2.30.